The van der Waals surface area contributed by atoms with Gasteiger partial charge in [0.15, 0.2) is 9.84 Å². The number of rotatable bonds is 3. The highest BCUT2D eigenvalue weighted by molar-refractivity contribution is 9.10. The van der Waals surface area contributed by atoms with Crippen molar-refractivity contribution in [2.45, 2.75) is 19.0 Å². The van der Waals surface area contributed by atoms with Gasteiger partial charge in [0.25, 0.3) is 0 Å². The van der Waals surface area contributed by atoms with E-state index >= 15 is 0 Å². The molecule has 19 heavy (non-hydrogen) atoms. The lowest BCUT2D eigenvalue weighted by atomic mass is 10.1. The van der Waals surface area contributed by atoms with Crippen LogP contribution in [0.2, 0.25) is 0 Å². The molecule has 1 unspecified atom stereocenters. The van der Waals surface area contributed by atoms with E-state index in [1.54, 1.807) is 6.08 Å². The summed E-state index contributed by atoms with van der Waals surface area (Å²) in [6.45, 7) is 1.32. The Morgan fingerprint density at radius 3 is 3.00 bits per heavy atom. The Balaban J connectivity index is 1.73. The molecule has 0 saturated heterocycles. The maximum atomic E-state index is 11.3. The zero-order chi connectivity index (χ0) is 13.5. The zero-order valence-corrected chi connectivity index (χ0v) is 12.6. The maximum absolute atomic E-state index is 11.3. The van der Waals surface area contributed by atoms with Crippen LogP contribution in [-0.2, 0) is 22.8 Å². The standard InChI is InChI=1S/C13H14BrNO3S/c14-11-5-9-1-3-18-13(9)10(6-11)7-15-12-2-4-19(16,17)8-12/h2,4-6,12,15H,1,3,7-8H2. The molecular formula is C13H14BrNO3S. The molecular weight excluding hydrogens is 330 g/mol. The molecule has 0 fully saturated rings. The maximum Gasteiger partial charge on any atom is 0.173 e. The molecule has 2 heterocycles. The van der Waals surface area contributed by atoms with E-state index in [0.717, 1.165) is 28.8 Å². The lowest BCUT2D eigenvalue weighted by Gasteiger charge is -2.13. The molecule has 0 aliphatic carbocycles. The molecule has 0 saturated carbocycles. The topological polar surface area (TPSA) is 55.4 Å². The van der Waals surface area contributed by atoms with Crippen LogP contribution in [0.25, 0.3) is 0 Å². The molecule has 6 heteroatoms. The monoisotopic (exact) mass is 343 g/mol. The quantitative estimate of drug-likeness (QED) is 0.908. The van der Waals surface area contributed by atoms with Gasteiger partial charge in [-0.05, 0) is 17.7 Å². The minimum absolute atomic E-state index is 0.110. The fraction of sp³-hybridized carbons (Fsp3) is 0.385. The summed E-state index contributed by atoms with van der Waals surface area (Å²) in [5.41, 5.74) is 2.28. The van der Waals surface area contributed by atoms with Crippen molar-refractivity contribution < 1.29 is 13.2 Å². The SMILES string of the molecule is O=S1(=O)C=CC(NCc2cc(Br)cc3c2OCC3)C1. The Labute approximate surface area is 120 Å². The van der Waals surface area contributed by atoms with E-state index in [1.807, 2.05) is 6.07 Å². The predicted octanol–water partition coefficient (Wildman–Crippen LogP) is 1.78. The summed E-state index contributed by atoms with van der Waals surface area (Å²) >= 11 is 3.49. The van der Waals surface area contributed by atoms with Crippen LogP contribution in [0.1, 0.15) is 11.1 Å². The van der Waals surface area contributed by atoms with E-state index in [0.29, 0.717) is 6.54 Å². The molecule has 3 rings (SSSR count). The Hall–Kier alpha value is -0.850. The first-order valence-electron chi connectivity index (χ1n) is 6.12. The minimum atomic E-state index is -3.00. The highest BCUT2D eigenvalue weighted by Crippen LogP contribution is 2.33. The van der Waals surface area contributed by atoms with Crippen LogP contribution < -0.4 is 10.1 Å². The van der Waals surface area contributed by atoms with E-state index in [4.69, 9.17) is 4.74 Å². The second-order valence-corrected chi connectivity index (χ2v) is 7.64. The van der Waals surface area contributed by atoms with E-state index in [9.17, 15) is 8.42 Å². The highest BCUT2D eigenvalue weighted by atomic mass is 79.9. The second-order valence-electron chi connectivity index (χ2n) is 4.80. The first-order valence-corrected chi connectivity index (χ1v) is 8.63. The molecule has 0 amide bonds. The van der Waals surface area contributed by atoms with Gasteiger partial charge in [0.1, 0.15) is 5.75 Å². The smallest absolute Gasteiger partial charge is 0.173 e. The van der Waals surface area contributed by atoms with Crippen molar-refractivity contribution in [3.63, 3.8) is 0 Å². The molecule has 1 atom stereocenters. The second kappa shape index (κ2) is 4.92. The first kappa shape index (κ1) is 13.1. The van der Waals surface area contributed by atoms with Crippen molar-refractivity contribution in [3.05, 3.63) is 39.2 Å². The van der Waals surface area contributed by atoms with Crippen LogP contribution in [0.3, 0.4) is 0 Å². The third kappa shape index (κ3) is 2.85. The summed E-state index contributed by atoms with van der Waals surface area (Å²) in [4.78, 5) is 0. The Morgan fingerprint density at radius 2 is 2.26 bits per heavy atom. The third-order valence-electron chi connectivity index (χ3n) is 3.31. The van der Waals surface area contributed by atoms with E-state index in [2.05, 4.69) is 27.3 Å². The number of nitrogens with one attached hydrogen (secondary N) is 1. The van der Waals surface area contributed by atoms with Gasteiger partial charge in [-0.1, -0.05) is 22.0 Å². The van der Waals surface area contributed by atoms with Crippen molar-refractivity contribution in [2.24, 2.45) is 0 Å². The first-order chi connectivity index (χ1) is 9.03. The Kier molecular flexibility index (Phi) is 3.41. The number of sulfone groups is 1. The average Bonchev–Trinajstić information content (AvgIpc) is 2.92. The van der Waals surface area contributed by atoms with Gasteiger partial charge in [-0.2, -0.15) is 0 Å². The normalized spacial score (nSPS) is 23.3. The molecule has 0 spiro atoms. The van der Waals surface area contributed by atoms with Gasteiger partial charge in [0.2, 0.25) is 0 Å². The zero-order valence-electron chi connectivity index (χ0n) is 10.2. The van der Waals surface area contributed by atoms with Crippen LogP contribution in [-0.4, -0.2) is 26.8 Å². The van der Waals surface area contributed by atoms with Crippen LogP contribution in [0.5, 0.6) is 5.75 Å². The largest absolute Gasteiger partial charge is 0.493 e. The van der Waals surface area contributed by atoms with Crippen LogP contribution in [0.15, 0.2) is 28.1 Å². The van der Waals surface area contributed by atoms with Gasteiger partial charge in [-0.25, -0.2) is 8.42 Å². The minimum Gasteiger partial charge on any atom is -0.493 e. The summed E-state index contributed by atoms with van der Waals surface area (Å²) in [5, 5.41) is 4.53. The van der Waals surface area contributed by atoms with Crippen molar-refractivity contribution in [3.8, 4) is 5.75 Å². The predicted molar refractivity (Wildman–Crippen MR) is 76.9 cm³/mol. The average molecular weight is 344 g/mol. The number of hydrogen-bond donors (Lipinski definition) is 1. The van der Waals surface area contributed by atoms with Gasteiger partial charge in [-0.3, -0.25) is 0 Å². The third-order valence-corrected chi connectivity index (χ3v) is 5.16. The summed E-state index contributed by atoms with van der Waals surface area (Å²) in [6.07, 6.45) is 2.63. The summed E-state index contributed by atoms with van der Waals surface area (Å²) in [5.74, 6) is 1.09. The highest BCUT2D eigenvalue weighted by Gasteiger charge is 2.22. The van der Waals surface area contributed by atoms with Crippen LogP contribution in [0, 0.1) is 0 Å². The molecule has 1 N–H and O–H groups in total. The van der Waals surface area contributed by atoms with Crippen molar-refractivity contribution in [1.82, 2.24) is 5.32 Å². The van der Waals surface area contributed by atoms with Crippen molar-refractivity contribution in [2.75, 3.05) is 12.4 Å². The molecule has 0 aromatic heterocycles. The Morgan fingerprint density at radius 1 is 1.42 bits per heavy atom. The van der Waals surface area contributed by atoms with Crippen LogP contribution >= 0.6 is 15.9 Å². The lowest BCUT2D eigenvalue weighted by Crippen LogP contribution is -2.29. The van der Waals surface area contributed by atoms with Gasteiger partial charge >= 0.3 is 0 Å². The number of benzene rings is 1. The van der Waals surface area contributed by atoms with E-state index in [-0.39, 0.29) is 11.8 Å². The molecule has 0 radical (unpaired) electrons. The number of hydrogen-bond acceptors (Lipinski definition) is 4. The summed E-state index contributed by atoms with van der Waals surface area (Å²) in [7, 11) is -3.00. The summed E-state index contributed by atoms with van der Waals surface area (Å²) < 4.78 is 29.3. The van der Waals surface area contributed by atoms with Gasteiger partial charge in [-0.15, -0.1) is 0 Å². The fourth-order valence-electron chi connectivity index (χ4n) is 2.42. The molecule has 102 valence electrons. The molecule has 1 aromatic carbocycles. The molecule has 1 aromatic rings. The van der Waals surface area contributed by atoms with E-state index in [1.165, 1.54) is 11.0 Å². The number of halogens is 1. The molecule has 2 aliphatic heterocycles. The summed E-state index contributed by atoms with van der Waals surface area (Å²) in [6, 6.07) is 3.98. The van der Waals surface area contributed by atoms with Gasteiger partial charge in [0.05, 0.1) is 12.4 Å². The lowest BCUT2D eigenvalue weighted by molar-refractivity contribution is 0.352. The number of fused-ring (bicyclic) bond motifs is 1. The Bertz CT molecular complexity index is 640. The number of ether oxygens (including phenoxy) is 1. The van der Waals surface area contributed by atoms with Crippen molar-refractivity contribution >= 4 is 25.8 Å². The molecule has 0 bridgehead atoms. The molecule has 2 aliphatic rings. The van der Waals surface area contributed by atoms with Gasteiger partial charge in [0, 0.05) is 34.5 Å². The molecule has 4 nitrogen and oxygen atoms in total. The van der Waals surface area contributed by atoms with Crippen molar-refractivity contribution in [1.29, 1.82) is 0 Å². The fourth-order valence-corrected chi connectivity index (χ4v) is 4.24. The van der Waals surface area contributed by atoms with Crippen LogP contribution in [0.4, 0.5) is 0 Å². The van der Waals surface area contributed by atoms with E-state index < -0.39 is 9.84 Å². The van der Waals surface area contributed by atoms with Gasteiger partial charge < -0.3 is 10.1 Å².